The smallest absolute Gasteiger partial charge is 0.310 e. The average Bonchev–Trinajstić information content (AvgIpc) is 2.53. The van der Waals surface area contributed by atoms with Crippen LogP contribution in [0.4, 0.5) is 5.69 Å². The van der Waals surface area contributed by atoms with Crippen LogP contribution in [0, 0.1) is 17.2 Å². The van der Waals surface area contributed by atoms with Crippen molar-refractivity contribution in [3.8, 4) is 6.07 Å². The van der Waals surface area contributed by atoms with Crippen LogP contribution in [0.3, 0.4) is 0 Å². The highest BCUT2D eigenvalue weighted by Gasteiger charge is 2.28. The Kier molecular flexibility index (Phi) is 4.91. The maximum atomic E-state index is 11.7. The van der Waals surface area contributed by atoms with Gasteiger partial charge >= 0.3 is 5.97 Å². The van der Waals surface area contributed by atoms with Gasteiger partial charge in [-0.15, -0.1) is 11.8 Å². The number of nitriles is 1. The minimum Gasteiger partial charge on any atom is -0.469 e. The van der Waals surface area contributed by atoms with Gasteiger partial charge in [0.1, 0.15) is 6.07 Å². The van der Waals surface area contributed by atoms with Crippen LogP contribution >= 0.6 is 11.8 Å². The minimum absolute atomic E-state index is 0.0989. The number of carbonyl (C=O) groups is 1. The molecular weight excluding hydrogens is 272 g/mol. The normalized spacial score (nSPS) is 18.4. The number of thioether (sulfide) groups is 1. The number of nitrogens with zero attached hydrogens (tertiary/aromatic N) is 2. The Bertz CT molecular complexity index is 539. The van der Waals surface area contributed by atoms with Crippen LogP contribution in [0.2, 0.25) is 0 Å². The summed E-state index contributed by atoms with van der Waals surface area (Å²) in [5.74, 6) is -0.257. The van der Waals surface area contributed by atoms with Gasteiger partial charge in [0.05, 0.1) is 24.3 Å². The third kappa shape index (κ3) is 2.91. The van der Waals surface area contributed by atoms with Crippen LogP contribution in [-0.4, -0.2) is 32.4 Å². The van der Waals surface area contributed by atoms with E-state index in [9.17, 15) is 10.1 Å². The Labute approximate surface area is 123 Å². The molecule has 4 nitrogen and oxygen atoms in total. The molecule has 106 valence electrons. The second-order valence-electron chi connectivity index (χ2n) is 4.77. The number of esters is 1. The first-order valence-corrected chi connectivity index (χ1v) is 7.83. The monoisotopic (exact) mass is 290 g/mol. The topological polar surface area (TPSA) is 53.3 Å². The van der Waals surface area contributed by atoms with Gasteiger partial charge in [0.15, 0.2) is 0 Å². The van der Waals surface area contributed by atoms with Gasteiger partial charge in [0.25, 0.3) is 0 Å². The summed E-state index contributed by atoms with van der Waals surface area (Å²) in [6.45, 7) is 1.50. The first kappa shape index (κ1) is 14.7. The van der Waals surface area contributed by atoms with E-state index >= 15 is 0 Å². The lowest BCUT2D eigenvalue weighted by Gasteiger charge is -2.33. The number of benzene rings is 1. The quantitative estimate of drug-likeness (QED) is 0.633. The van der Waals surface area contributed by atoms with E-state index in [1.807, 2.05) is 24.5 Å². The van der Waals surface area contributed by atoms with Gasteiger partial charge < -0.3 is 9.64 Å². The summed E-state index contributed by atoms with van der Waals surface area (Å²) in [5.41, 5.74) is 1.62. The van der Waals surface area contributed by atoms with Gasteiger partial charge in [-0.05, 0) is 31.2 Å². The molecule has 1 aromatic carbocycles. The molecule has 0 spiro atoms. The molecule has 20 heavy (non-hydrogen) atoms. The van der Waals surface area contributed by atoms with Gasteiger partial charge in [0.2, 0.25) is 0 Å². The number of hydrogen-bond acceptors (Lipinski definition) is 5. The summed E-state index contributed by atoms with van der Waals surface area (Å²) >= 11 is 1.57. The molecule has 1 aliphatic heterocycles. The van der Waals surface area contributed by atoms with Crippen LogP contribution in [0.25, 0.3) is 0 Å². The van der Waals surface area contributed by atoms with Crippen molar-refractivity contribution >= 4 is 23.4 Å². The van der Waals surface area contributed by atoms with E-state index in [0.717, 1.165) is 30.0 Å². The van der Waals surface area contributed by atoms with E-state index in [-0.39, 0.29) is 11.9 Å². The molecular formula is C15H18N2O2S. The molecule has 1 unspecified atom stereocenters. The summed E-state index contributed by atoms with van der Waals surface area (Å²) in [7, 11) is 1.43. The van der Waals surface area contributed by atoms with Crippen molar-refractivity contribution in [1.29, 1.82) is 5.26 Å². The standard InChI is InChI=1S/C15H18N2O2S/c1-19-15(18)11-5-4-8-17(10-11)13-6-3-7-14(20-2)12(13)9-16/h3,6-7,11H,4-5,8,10H2,1-2H3. The van der Waals surface area contributed by atoms with Crippen molar-refractivity contribution in [2.45, 2.75) is 17.7 Å². The predicted molar refractivity (Wildman–Crippen MR) is 79.9 cm³/mol. The maximum Gasteiger partial charge on any atom is 0.310 e. The zero-order valence-corrected chi connectivity index (χ0v) is 12.6. The number of piperidine rings is 1. The molecule has 0 amide bonds. The number of rotatable bonds is 3. The van der Waals surface area contributed by atoms with E-state index in [1.54, 1.807) is 11.8 Å². The summed E-state index contributed by atoms with van der Waals surface area (Å²) in [5, 5.41) is 9.40. The van der Waals surface area contributed by atoms with Gasteiger partial charge in [-0.1, -0.05) is 6.07 Å². The molecule has 1 fully saturated rings. The molecule has 0 radical (unpaired) electrons. The lowest BCUT2D eigenvalue weighted by molar-refractivity contribution is -0.145. The Hall–Kier alpha value is -1.67. The van der Waals surface area contributed by atoms with Crippen LogP contribution in [0.1, 0.15) is 18.4 Å². The summed E-state index contributed by atoms with van der Waals surface area (Å²) in [4.78, 5) is 14.8. The fraction of sp³-hybridized carbons (Fsp3) is 0.467. The molecule has 0 saturated carbocycles. The van der Waals surface area contributed by atoms with E-state index in [4.69, 9.17) is 4.74 Å². The SMILES string of the molecule is COC(=O)C1CCCN(c2cccc(SC)c2C#N)C1. The third-order valence-electron chi connectivity index (χ3n) is 3.63. The summed E-state index contributed by atoms with van der Waals surface area (Å²) in [6.07, 6.45) is 3.76. The lowest BCUT2D eigenvalue weighted by atomic mass is 9.97. The first-order chi connectivity index (χ1) is 9.71. The number of anilines is 1. The Morgan fingerprint density at radius 3 is 3.00 bits per heavy atom. The Morgan fingerprint density at radius 2 is 2.35 bits per heavy atom. The molecule has 1 aliphatic rings. The Morgan fingerprint density at radius 1 is 1.55 bits per heavy atom. The first-order valence-electron chi connectivity index (χ1n) is 6.61. The van der Waals surface area contributed by atoms with Crippen molar-refractivity contribution in [3.63, 3.8) is 0 Å². The minimum atomic E-state index is -0.158. The van der Waals surface area contributed by atoms with Crippen molar-refractivity contribution in [3.05, 3.63) is 23.8 Å². The number of methoxy groups -OCH3 is 1. The Balaban J connectivity index is 2.28. The van der Waals surface area contributed by atoms with Crippen LogP contribution in [-0.2, 0) is 9.53 Å². The highest BCUT2D eigenvalue weighted by molar-refractivity contribution is 7.98. The number of carbonyl (C=O) groups excluding carboxylic acids is 1. The molecule has 0 N–H and O–H groups in total. The predicted octanol–water partition coefficient (Wildman–Crippen LogP) is 2.67. The fourth-order valence-corrected chi connectivity index (χ4v) is 3.19. The summed E-state index contributed by atoms with van der Waals surface area (Å²) in [6, 6.07) is 8.16. The molecule has 2 rings (SSSR count). The molecule has 5 heteroatoms. The number of hydrogen-bond donors (Lipinski definition) is 0. The van der Waals surface area contributed by atoms with Crippen molar-refractivity contribution < 1.29 is 9.53 Å². The van der Waals surface area contributed by atoms with Crippen molar-refractivity contribution in [2.75, 3.05) is 31.4 Å². The highest BCUT2D eigenvalue weighted by atomic mass is 32.2. The highest BCUT2D eigenvalue weighted by Crippen LogP contribution is 2.31. The van der Waals surface area contributed by atoms with Crippen molar-refractivity contribution in [1.82, 2.24) is 0 Å². The second-order valence-corrected chi connectivity index (χ2v) is 5.62. The molecule has 0 aromatic heterocycles. The van der Waals surface area contributed by atoms with E-state index in [1.165, 1.54) is 7.11 Å². The van der Waals surface area contributed by atoms with Gasteiger partial charge in [-0.25, -0.2) is 0 Å². The largest absolute Gasteiger partial charge is 0.469 e. The van der Waals surface area contributed by atoms with Crippen LogP contribution < -0.4 is 4.90 Å². The third-order valence-corrected chi connectivity index (χ3v) is 4.41. The lowest BCUT2D eigenvalue weighted by Crippen LogP contribution is -2.39. The molecule has 1 aromatic rings. The molecule has 1 saturated heterocycles. The maximum absolute atomic E-state index is 11.7. The second kappa shape index (κ2) is 6.67. The van der Waals surface area contributed by atoms with Crippen LogP contribution in [0.15, 0.2) is 23.1 Å². The van der Waals surface area contributed by atoms with Gasteiger partial charge in [0, 0.05) is 18.0 Å². The van der Waals surface area contributed by atoms with Gasteiger partial charge in [-0.3, -0.25) is 4.79 Å². The van der Waals surface area contributed by atoms with Crippen LogP contribution in [0.5, 0.6) is 0 Å². The number of ether oxygens (including phenoxy) is 1. The van der Waals surface area contributed by atoms with E-state index in [0.29, 0.717) is 12.1 Å². The van der Waals surface area contributed by atoms with E-state index in [2.05, 4.69) is 11.0 Å². The molecule has 1 atom stereocenters. The van der Waals surface area contributed by atoms with Gasteiger partial charge in [-0.2, -0.15) is 5.26 Å². The molecule has 0 aliphatic carbocycles. The average molecular weight is 290 g/mol. The summed E-state index contributed by atoms with van der Waals surface area (Å²) < 4.78 is 4.84. The zero-order chi connectivity index (χ0) is 14.5. The zero-order valence-electron chi connectivity index (χ0n) is 11.8. The fourth-order valence-electron chi connectivity index (χ4n) is 2.62. The molecule has 1 heterocycles. The molecule has 0 bridgehead atoms. The van der Waals surface area contributed by atoms with Crippen molar-refractivity contribution in [2.24, 2.45) is 5.92 Å². The van der Waals surface area contributed by atoms with E-state index < -0.39 is 0 Å².